The number of aromatic nitrogens is 1. The second-order valence-electron chi connectivity index (χ2n) is 3.80. The van der Waals surface area contributed by atoms with Crippen molar-refractivity contribution in [3.05, 3.63) is 33.5 Å². The van der Waals surface area contributed by atoms with E-state index < -0.39 is 0 Å². The van der Waals surface area contributed by atoms with Crippen LogP contribution in [0.1, 0.15) is 16.8 Å². The maximum Gasteiger partial charge on any atom is 0.337 e. The predicted octanol–water partition coefficient (Wildman–Crippen LogP) is 2.95. The SMILES string of the molecule is COC(=O)c1ccc2c(c1)c(I)cn2CCC#N. The van der Waals surface area contributed by atoms with E-state index in [-0.39, 0.29) is 5.97 Å². The third kappa shape index (κ3) is 2.34. The van der Waals surface area contributed by atoms with E-state index in [4.69, 9.17) is 10.00 Å². The highest BCUT2D eigenvalue weighted by Gasteiger charge is 2.11. The van der Waals surface area contributed by atoms with E-state index in [0.29, 0.717) is 18.5 Å². The number of hydrogen-bond donors (Lipinski definition) is 0. The largest absolute Gasteiger partial charge is 0.465 e. The number of carbonyl (C=O) groups excluding carboxylic acids is 1. The molecule has 0 aliphatic carbocycles. The van der Waals surface area contributed by atoms with Gasteiger partial charge in [0.15, 0.2) is 0 Å². The summed E-state index contributed by atoms with van der Waals surface area (Å²) in [6.07, 6.45) is 2.46. The zero-order valence-corrected chi connectivity index (χ0v) is 12.0. The summed E-state index contributed by atoms with van der Waals surface area (Å²) in [7, 11) is 1.37. The van der Waals surface area contributed by atoms with Crippen LogP contribution < -0.4 is 0 Å². The molecule has 2 aromatic rings. The van der Waals surface area contributed by atoms with Gasteiger partial charge in [-0.1, -0.05) is 0 Å². The van der Waals surface area contributed by atoms with Gasteiger partial charge in [-0.25, -0.2) is 4.79 Å². The Kier molecular flexibility index (Phi) is 3.87. The van der Waals surface area contributed by atoms with Gasteiger partial charge in [-0.15, -0.1) is 0 Å². The summed E-state index contributed by atoms with van der Waals surface area (Å²) in [5.41, 5.74) is 1.57. The van der Waals surface area contributed by atoms with Gasteiger partial charge < -0.3 is 9.30 Å². The Morgan fingerprint density at radius 2 is 2.33 bits per heavy atom. The Morgan fingerprint density at radius 3 is 3.00 bits per heavy atom. The van der Waals surface area contributed by atoms with Crippen molar-refractivity contribution in [2.24, 2.45) is 0 Å². The molecule has 0 unspecified atom stereocenters. The van der Waals surface area contributed by atoms with Crippen molar-refractivity contribution < 1.29 is 9.53 Å². The van der Waals surface area contributed by atoms with Crippen molar-refractivity contribution in [2.45, 2.75) is 13.0 Å². The molecule has 0 radical (unpaired) electrons. The van der Waals surface area contributed by atoms with Crippen LogP contribution in [0.25, 0.3) is 10.9 Å². The lowest BCUT2D eigenvalue weighted by atomic mass is 10.1. The normalized spacial score (nSPS) is 10.3. The van der Waals surface area contributed by atoms with Gasteiger partial charge in [0.25, 0.3) is 0 Å². The molecule has 0 N–H and O–H groups in total. The summed E-state index contributed by atoms with van der Waals surface area (Å²) in [4.78, 5) is 11.5. The first-order valence-corrected chi connectivity index (χ1v) is 6.49. The Bertz CT molecular complexity index is 640. The minimum Gasteiger partial charge on any atom is -0.465 e. The van der Waals surface area contributed by atoms with Crippen molar-refractivity contribution in [2.75, 3.05) is 7.11 Å². The molecule has 92 valence electrons. The predicted molar refractivity (Wildman–Crippen MR) is 76.2 cm³/mol. The van der Waals surface area contributed by atoms with Gasteiger partial charge in [0, 0.05) is 27.2 Å². The van der Waals surface area contributed by atoms with Crippen LogP contribution in [0.2, 0.25) is 0 Å². The molecule has 1 aromatic carbocycles. The topological polar surface area (TPSA) is 55.0 Å². The van der Waals surface area contributed by atoms with Gasteiger partial charge in [-0.3, -0.25) is 0 Å². The van der Waals surface area contributed by atoms with E-state index in [1.165, 1.54) is 7.11 Å². The minimum atomic E-state index is -0.336. The van der Waals surface area contributed by atoms with Crippen molar-refractivity contribution in [1.82, 2.24) is 4.57 Å². The molecule has 0 aliphatic heterocycles. The summed E-state index contributed by atoms with van der Waals surface area (Å²) in [6, 6.07) is 7.59. The second kappa shape index (κ2) is 5.40. The first kappa shape index (κ1) is 12.9. The molecule has 1 heterocycles. The quantitative estimate of drug-likeness (QED) is 0.629. The lowest BCUT2D eigenvalue weighted by molar-refractivity contribution is 0.0601. The standard InChI is InChI=1S/C13H11IN2O2/c1-18-13(17)9-3-4-12-10(7-9)11(14)8-16(12)6-2-5-15/h3-4,7-8H,2,6H2,1H3. The average molecular weight is 354 g/mol. The zero-order valence-electron chi connectivity index (χ0n) is 9.81. The fraction of sp³-hybridized carbons (Fsp3) is 0.231. The number of fused-ring (bicyclic) bond motifs is 1. The fourth-order valence-corrected chi connectivity index (χ4v) is 2.62. The van der Waals surface area contributed by atoms with E-state index in [9.17, 15) is 4.79 Å². The van der Waals surface area contributed by atoms with Crippen molar-refractivity contribution in [3.8, 4) is 6.07 Å². The van der Waals surface area contributed by atoms with Gasteiger partial charge in [0.2, 0.25) is 0 Å². The summed E-state index contributed by atoms with van der Waals surface area (Å²) in [5, 5.41) is 9.64. The second-order valence-corrected chi connectivity index (χ2v) is 4.96. The van der Waals surface area contributed by atoms with Gasteiger partial charge >= 0.3 is 5.97 Å². The molecule has 0 bridgehead atoms. The number of hydrogen-bond acceptors (Lipinski definition) is 3. The molecule has 0 aliphatic rings. The maximum absolute atomic E-state index is 11.5. The number of nitrogens with zero attached hydrogens (tertiary/aromatic N) is 2. The fourth-order valence-electron chi connectivity index (χ4n) is 1.85. The third-order valence-electron chi connectivity index (χ3n) is 2.72. The van der Waals surface area contributed by atoms with Gasteiger partial charge in [0.05, 0.1) is 25.2 Å². The molecule has 2 rings (SSSR count). The Hall–Kier alpha value is -1.55. The molecule has 0 fully saturated rings. The van der Waals surface area contributed by atoms with Gasteiger partial charge in [-0.05, 0) is 40.8 Å². The highest BCUT2D eigenvalue weighted by Crippen LogP contribution is 2.24. The van der Waals surface area contributed by atoms with Crippen LogP contribution in [-0.4, -0.2) is 17.6 Å². The van der Waals surface area contributed by atoms with Crippen LogP contribution in [0.4, 0.5) is 0 Å². The number of esters is 1. The smallest absolute Gasteiger partial charge is 0.337 e. The maximum atomic E-state index is 11.5. The van der Waals surface area contributed by atoms with E-state index in [1.54, 1.807) is 6.07 Å². The number of carbonyl (C=O) groups is 1. The molecule has 4 nitrogen and oxygen atoms in total. The van der Waals surface area contributed by atoms with E-state index in [0.717, 1.165) is 14.5 Å². The molecule has 5 heteroatoms. The highest BCUT2D eigenvalue weighted by atomic mass is 127. The number of ether oxygens (including phenoxy) is 1. The van der Waals surface area contributed by atoms with Crippen molar-refractivity contribution >= 4 is 39.5 Å². The Morgan fingerprint density at radius 1 is 1.56 bits per heavy atom. The first-order valence-electron chi connectivity index (χ1n) is 5.41. The minimum absolute atomic E-state index is 0.336. The third-order valence-corrected chi connectivity index (χ3v) is 3.58. The van der Waals surface area contributed by atoms with Crippen LogP contribution in [0.15, 0.2) is 24.4 Å². The summed E-state index contributed by atoms with van der Waals surface area (Å²) >= 11 is 2.23. The Labute approximate surface area is 118 Å². The molecule has 0 saturated heterocycles. The first-order chi connectivity index (χ1) is 8.67. The lowest BCUT2D eigenvalue weighted by Gasteiger charge is -2.03. The number of methoxy groups -OCH3 is 1. The van der Waals surface area contributed by atoms with Gasteiger partial charge in [0.1, 0.15) is 0 Å². The van der Waals surface area contributed by atoms with Crippen LogP contribution >= 0.6 is 22.6 Å². The molecule has 0 spiro atoms. The Balaban J connectivity index is 2.49. The molecule has 0 amide bonds. The number of rotatable bonds is 3. The van der Waals surface area contributed by atoms with Crippen LogP contribution in [0.3, 0.4) is 0 Å². The van der Waals surface area contributed by atoms with Crippen molar-refractivity contribution in [3.63, 3.8) is 0 Å². The molecule has 18 heavy (non-hydrogen) atoms. The number of benzene rings is 1. The highest BCUT2D eigenvalue weighted by molar-refractivity contribution is 14.1. The molecule has 1 aromatic heterocycles. The van der Waals surface area contributed by atoms with E-state index in [1.807, 2.05) is 22.9 Å². The van der Waals surface area contributed by atoms with Crippen LogP contribution in [-0.2, 0) is 11.3 Å². The summed E-state index contributed by atoms with van der Waals surface area (Å²) in [6.45, 7) is 0.660. The number of aryl methyl sites for hydroxylation is 1. The monoisotopic (exact) mass is 354 g/mol. The lowest BCUT2D eigenvalue weighted by Crippen LogP contribution is -2.01. The summed E-state index contributed by atoms with van der Waals surface area (Å²) in [5.74, 6) is -0.336. The van der Waals surface area contributed by atoms with Crippen LogP contribution in [0.5, 0.6) is 0 Å². The number of halogens is 1. The molecule has 0 atom stereocenters. The molecular weight excluding hydrogens is 343 g/mol. The summed E-state index contributed by atoms with van der Waals surface area (Å²) < 4.78 is 7.80. The van der Waals surface area contributed by atoms with Gasteiger partial charge in [-0.2, -0.15) is 5.26 Å². The van der Waals surface area contributed by atoms with E-state index in [2.05, 4.69) is 28.7 Å². The van der Waals surface area contributed by atoms with E-state index >= 15 is 0 Å². The van der Waals surface area contributed by atoms with Crippen molar-refractivity contribution in [1.29, 1.82) is 5.26 Å². The van der Waals surface area contributed by atoms with Crippen LogP contribution in [0, 0.1) is 14.9 Å². The average Bonchev–Trinajstić information content (AvgIpc) is 2.72. The molecule has 0 saturated carbocycles. The molecular formula is C13H11IN2O2. The zero-order chi connectivity index (χ0) is 13.1. The number of nitriles is 1.